The minimum Gasteiger partial charge on any atom is -0.222 e. The Balaban J connectivity index is 0.000000523. The van der Waals surface area contributed by atoms with E-state index in [1.54, 1.807) is 0 Å². The molecule has 3 aliphatic rings. The van der Waals surface area contributed by atoms with Crippen LogP contribution < -0.4 is 37.9 Å². The summed E-state index contributed by atoms with van der Waals surface area (Å²) < 4.78 is 45.4. The second-order valence-corrected chi connectivity index (χ2v) is 10.2. The standard InChI is InChI=1S/C23H25N2OSe.ClHO4/c1-5-25(6-2)17-11-12-19-16(3)13-18(26-21(19)14-17)15-23-24(4)20-9-7-8-10-22(20)27-23;2-1(3,4)5/h7-15H,5-6H2,1-4H3;(H,2,3,4,5)/q+1;/p-1. The summed E-state index contributed by atoms with van der Waals surface area (Å²) in [6, 6.07) is 17.4. The van der Waals surface area contributed by atoms with Gasteiger partial charge >= 0.3 is 167 Å². The Morgan fingerprint density at radius 1 is 1.03 bits per heavy atom. The molecule has 0 atom stereocenters. The Kier molecular flexibility index (Phi) is 7.79. The molecule has 0 saturated heterocycles. The van der Waals surface area contributed by atoms with Gasteiger partial charge in [0.05, 0.1) is 0 Å². The summed E-state index contributed by atoms with van der Waals surface area (Å²) in [5.41, 5.74) is 3.74. The molecular weight excluding hydrogens is 499 g/mol. The smallest absolute Gasteiger partial charge is 0.112 e. The summed E-state index contributed by atoms with van der Waals surface area (Å²) in [5, 5.41) is 1.22. The summed E-state index contributed by atoms with van der Waals surface area (Å²) in [6.45, 7) is 8.53. The molecule has 0 radical (unpaired) electrons. The molecule has 1 aromatic carbocycles. The number of para-hydroxylation sites is 1. The third-order valence-electron chi connectivity index (χ3n) is 5.14. The van der Waals surface area contributed by atoms with Crippen molar-refractivity contribution < 1.29 is 33.3 Å². The van der Waals surface area contributed by atoms with Gasteiger partial charge in [-0.3, -0.25) is 0 Å². The molecule has 0 saturated carbocycles. The van der Waals surface area contributed by atoms with Gasteiger partial charge < -0.3 is 0 Å². The van der Waals surface area contributed by atoms with Crippen LogP contribution in [0.15, 0.2) is 57.5 Å². The maximum absolute atomic E-state index is 8.49. The van der Waals surface area contributed by atoms with E-state index in [2.05, 4.69) is 91.9 Å². The molecule has 4 rings (SSSR count). The molecule has 7 nitrogen and oxygen atoms in total. The van der Waals surface area contributed by atoms with E-state index < -0.39 is 10.2 Å². The van der Waals surface area contributed by atoms with E-state index in [0.29, 0.717) is 15.0 Å². The second kappa shape index (κ2) is 10.2. The van der Waals surface area contributed by atoms with Crippen LogP contribution in [0.25, 0.3) is 17.4 Å². The first kappa shape index (κ1) is 24.5. The fourth-order valence-corrected chi connectivity index (χ4v) is 5.88. The molecule has 0 bridgehead atoms. The largest absolute Gasteiger partial charge is 0.222 e. The molecule has 1 aromatic rings. The molecule has 0 unspecified atom stereocenters. The summed E-state index contributed by atoms with van der Waals surface area (Å²) in [6.07, 6.45) is 2.20. The summed E-state index contributed by atoms with van der Waals surface area (Å²) in [4.78, 5) is 2.29. The van der Waals surface area contributed by atoms with Gasteiger partial charge in [-0.25, -0.2) is 18.6 Å². The number of rotatable bonds is 3. The van der Waals surface area contributed by atoms with Crippen molar-refractivity contribution >= 4 is 31.2 Å². The number of anilines is 1. The third-order valence-corrected chi connectivity index (χ3v) is 7.59. The maximum Gasteiger partial charge on any atom is -0.112 e. The van der Waals surface area contributed by atoms with Crippen molar-refractivity contribution in [3.8, 4) is 11.3 Å². The molecule has 0 spiro atoms. The fraction of sp³-hybridized carbons (Fsp3) is 0.261. The molecule has 2 heterocycles. The van der Waals surface area contributed by atoms with E-state index in [4.69, 9.17) is 23.1 Å². The molecule has 170 valence electrons. The SMILES string of the molecule is CC[N+](CC)=c1ccc2c(C)cc(/C=C3/[Se]c4ccccc4N3C)oc-2c1.[O-][Cl+3]([O-])([O-])[O-]. The summed E-state index contributed by atoms with van der Waals surface area (Å²) >= 11 is 0.312. The minimum atomic E-state index is -4.94. The molecule has 0 amide bonds. The Morgan fingerprint density at radius 2 is 1.69 bits per heavy atom. The van der Waals surface area contributed by atoms with Crippen molar-refractivity contribution in [3.05, 3.63) is 69.8 Å². The maximum atomic E-state index is 8.49. The quantitative estimate of drug-likeness (QED) is 0.306. The van der Waals surface area contributed by atoms with Crippen LogP contribution in [0, 0.1) is 17.2 Å². The number of fused-ring (bicyclic) bond motifs is 2. The van der Waals surface area contributed by atoms with E-state index in [1.807, 2.05) is 0 Å². The van der Waals surface area contributed by atoms with Crippen LogP contribution >= 0.6 is 0 Å². The molecule has 2 aliphatic heterocycles. The predicted molar refractivity (Wildman–Crippen MR) is 115 cm³/mol. The van der Waals surface area contributed by atoms with E-state index in [1.165, 1.54) is 31.2 Å². The number of benzene rings is 2. The Bertz CT molecular complexity index is 1160. The van der Waals surface area contributed by atoms with Crippen molar-refractivity contribution in [2.75, 3.05) is 25.0 Å². The zero-order valence-electron chi connectivity index (χ0n) is 18.3. The van der Waals surface area contributed by atoms with Gasteiger partial charge in [-0.05, 0) is 0 Å². The van der Waals surface area contributed by atoms with E-state index in [-0.39, 0.29) is 0 Å². The third kappa shape index (κ3) is 5.99. The Hall–Kier alpha value is -2.16. The van der Waals surface area contributed by atoms with Gasteiger partial charge in [0.25, 0.3) is 0 Å². The van der Waals surface area contributed by atoms with Gasteiger partial charge in [0.2, 0.25) is 0 Å². The van der Waals surface area contributed by atoms with E-state index >= 15 is 0 Å². The zero-order chi connectivity index (χ0) is 23.5. The van der Waals surface area contributed by atoms with Crippen LogP contribution in [0.4, 0.5) is 5.69 Å². The van der Waals surface area contributed by atoms with Crippen LogP contribution in [0.2, 0.25) is 0 Å². The monoisotopic (exact) mass is 524 g/mol. The van der Waals surface area contributed by atoms with Crippen LogP contribution in [0.1, 0.15) is 25.2 Å². The molecule has 0 aromatic heterocycles. The summed E-state index contributed by atoms with van der Waals surface area (Å²) in [5.74, 6) is 1.88. The average Bonchev–Trinajstić information content (AvgIpc) is 3.03. The number of hydrogen-bond donors (Lipinski definition) is 0. The van der Waals surface area contributed by atoms with Crippen molar-refractivity contribution in [2.24, 2.45) is 0 Å². The minimum absolute atomic E-state index is 0.312. The Labute approximate surface area is 195 Å². The molecular formula is C23H25ClN2O5Se. The van der Waals surface area contributed by atoms with Crippen LogP contribution in [-0.2, 0) is 0 Å². The molecule has 9 heteroatoms. The van der Waals surface area contributed by atoms with E-state index in [0.717, 1.165) is 24.6 Å². The Morgan fingerprint density at radius 3 is 2.31 bits per heavy atom. The van der Waals surface area contributed by atoms with Gasteiger partial charge in [0.1, 0.15) is 0 Å². The van der Waals surface area contributed by atoms with Crippen LogP contribution in [0.3, 0.4) is 0 Å². The normalized spacial score (nSPS) is 14.4. The first-order valence-electron chi connectivity index (χ1n) is 10.1. The molecule has 32 heavy (non-hydrogen) atoms. The first-order chi connectivity index (χ1) is 15.1. The van der Waals surface area contributed by atoms with E-state index in [9.17, 15) is 0 Å². The fourth-order valence-electron chi connectivity index (χ4n) is 3.59. The van der Waals surface area contributed by atoms with Gasteiger partial charge in [-0.2, -0.15) is 0 Å². The van der Waals surface area contributed by atoms with Gasteiger partial charge in [-0.1, -0.05) is 0 Å². The van der Waals surface area contributed by atoms with Crippen molar-refractivity contribution in [1.29, 1.82) is 0 Å². The molecule has 0 N–H and O–H groups in total. The van der Waals surface area contributed by atoms with Crippen molar-refractivity contribution in [1.82, 2.24) is 4.58 Å². The van der Waals surface area contributed by atoms with Gasteiger partial charge in [-0.15, -0.1) is 10.2 Å². The first-order valence-corrected chi connectivity index (χ1v) is 13.0. The zero-order valence-corrected chi connectivity index (χ0v) is 20.8. The van der Waals surface area contributed by atoms with Crippen molar-refractivity contribution in [3.63, 3.8) is 0 Å². The van der Waals surface area contributed by atoms with Crippen LogP contribution in [-0.4, -0.2) is 35.1 Å². The number of aryl methyl sites for hydroxylation is 1. The number of hydrogen-bond acceptors (Lipinski definition) is 6. The van der Waals surface area contributed by atoms with Crippen LogP contribution in [0.5, 0.6) is 0 Å². The molecule has 1 aliphatic carbocycles. The second-order valence-electron chi connectivity index (χ2n) is 7.17. The number of nitrogens with zero attached hydrogens (tertiary/aromatic N) is 2. The van der Waals surface area contributed by atoms with Gasteiger partial charge in [0, 0.05) is 0 Å². The predicted octanol–water partition coefficient (Wildman–Crippen LogP) is -1.47. The number of halogens is 1. The topological polar surface area (TPSA) is 112 Å². The molecule has 0 fully saturated rings. The summed E-state index contributed by atoms with van der Waals surface area (Å²) in [7, 11) is -2.80. The van der Waals surface area contributed by atoms with Gasteiger partial charge in [0.15, 0.2) is 0 Å². The van der Waals surface area contributed by atoms with Crippen molar-refractivity contribution in [2.45, 2.75) is 20.8 Å². The average molecular weight is 524 g/mol.